The average molecular weight is 273 g/mol. The van der Waals surface area contributed by atoms with Gasteiger partial charge in [-0.2, -0.15) is 0 Å². The molecule has 0 aliphatic heterocycles. The van der Waals surface area contributed by atoms with Crippen molar-refractivity contribution in [3.05, 3.63) is 29.3 Å². The molecule has 0 aromatic heterocycles. The molecule has 3 heteroatoms. The van der Waals surface area contributed by atoms with Crippen molar-refractivity contribution in [3.8, 4) is 12.3 Å². The maximum Gasteiger partial charge on any atom is 0.412 e. The van der Waals surface area contributed by atoms with Gasteiger partial charge in [-0.15, -0.1) is 6.42 Å². The standard InChI is InChI=1S/C17H23NO2/c1-8-17(6,7)13-9-10-14(12(2)11-13)18-15(19)20-16(3,4)5/h1,9-11H,2-7H3,(H,18,19). The summed E-state index contributed by atoms with van der Waals surface area (Å²) < 4.78 is 5.23. The summed E-state index contributed by atoms with van der Waals surface area (Å²) in [7, 11) is 0. The van der Waals surface area contributed by atoms with E-state index in [2.05, 4.69) is 11.2 Å². The summed E-state index contributed by atoms with van der Waals surface area (Å²) in [6.07, 6.45) is 5.08. The van der Waals surface area contributed by atoms with Gasteiger partial charge in [0.15, 0.2) is 0 Å². The van der Waals surface area contributed by atoms with E-state index < -0.39 is 11.7 Å². The summed E-state index contributed by atoms with van der Waals surface area (Å²) >= 11 is 0. The van der Waals surface area contributed by atoms with Gasteiger partial charge in [-0.25, -0.2) is 4.79 Å². The van der Waals surface area contributed by atoms with E-state index in [1.165, 1.54) is 0 Å². The van der Waals surface area contributed by atoms with Crippen LogP contribution in [0.1, 0.15) is 45.7 Å². The van der Waals surface area contributed by atoms with Crippen LogP contribution in [-0.4, -0.2) is 11.7 Å². The van der Waals surface area contributed by atoms with Crippen molar-refractivity contribution in [2.45, 2.75) is 52.6 Å². The zero-order valence-corrected chi connectivity index (χ0v) is 13.1. The molecule has 0 spiro atoms. The molecule has 1 aromatic rings. The van der Waals surface area contributed by atoms with Crippen molar-refractivity contribution in [2.24, 2.45) is 0 Å². The Morgan fingerprint density at radius 1 is 1.25 bits per heavy atom. The molecule has 1 rings (SSSR count). The predicted molar refractivity (Wildman–Crippen MR) is 82.9 cm³/mol. The number of carbonyl (C=O) groups excluding carboxylic acids is 1. The zero-order valence-electron chi connectivity index (χ0n) is 13.1. The minimum atomic E-state index is -0.511. The van der Waals surface area contributed by atoms with Gasteiger partial charge in [-0.1, -0.05) is 18.1 Å². The molecule has 20 heavy (non-hydrogen) atoms. The Hall–Kier alpha value is -1.95. The topological polar surface area (TPSA) is 38.3 Å². The number of terminal acetylenes is 1. The zero-order chi connectivity index (χ0) is 15.6. The molecule has 0 saturated carbocycles. The van der Waals surface area contributed by atoms with Crippen LogP contribution in [0.3, 0.4) is 0 Å². The Morgan fingerprint density at radius 2 is 1.85 bits per heavy atom. The Kier molecular flexibility index (Phi) is 4.50. The van der Waals surface area contributed by atoms with Crippen LogP contribution in [0, 0.1) is 19.3 Å². The van der Waals surface area contributed by atoms with E-state index in [-0.39, 0.29) is 5.41 Å². The van der Waals surface area contributed by atoms with Gasteiger partial charge in [0.2, 0.25) is 0 Å². The smallest absolute Gasteiger partial charge is 0.412 e. The number of hydrogen-bond donors (Lipinski definition) is 1. The van der Waals surface area contributed by atoms with E-state index in [4.69, 9.17) is 11.2 Å². The highest BCUT2D eigenvalue weighted by Crippen LogP contribution is 2.26. The first-order valence-electron chi connectivity index (χ1n) is 6.64. The van der Waals surface area contributed by atoms with Crippen molar-refractivity contribution >= 4 is 11.8 Å². The number of rotatable bonds is 2. The Balaban J connectivity index is 2.90. The van der Waals surface area contributed by atoms with Crippen LogP contribution in [0.25, 0.3) is 0 Å². The number of benzene rings is 1. The highest BCUT2D eigenvalue weighted by Gasteiger charge is 2.19. The summed E-state index contributed by atoms with van der Waals surface area (Å²) in [5.41, 5.74) is 1.90. The third kappa shape index (κ3) is 4.31. The number of hydrogen-bond acceptors (Lipinski definition) is 2. The molecule has 0 aliphatic rings. The van der Waals surface area contributed by atoms with Crippen LogP contribution in [0.15, 0.2) is 18.2 Å². The van der Waals surface area contributed by atoms with Gasteiger partial charge >= 0.3 is 6.09 Å². The number of amides is 1. The minimum Gasteiger partial charge on any atom is -0.444 e. The third-order valence-electron chi connectivity index (χ3n) is 2.94. The van der Waals surface area contributed by atoms with Crippen molar-refractivity contribution < 1.29 is 9.53 Å². The van der Waals surface area contributed by atoms with E-state index >= 15 is 0 Å². The lowest BCUT2D eigenvalue weighted by Crippen LogP contribution is -2.27. The minimum absolute atomic E-state index is 0.324. The van der Waals surface area contributed by atoms with Gasteiger partial charge in [0.25, 0.3) is 0 Å². The normalized spacial score (nSPS) is 11.7. The SMILES string of the molecule is C#CC(C)(C)c1ccc(NC(=O)OC(C)(C)C)c(C)c1. The number of anilines is 1. The lowest BCUT2D eigenvalue weighted by Gasteiger charge is -2.22. The van der Waals surface area contributed by atoms with Crippen LogP contribution in [-0.2, 0) is 10.2 Å². The van der Waals surface area contributed by atoms with Crippen molar-refractivity contribution in [1.29, 1.82) is 0 Å². The van der Waals surface area contributed by atoms with Gasteiger partial charge in [-0.3, -0.25) is 5.32 Å². The molecule has 3 nitrogen and oxygen atoms in total. The second-order valence-corrected chi connectivity index (χ2v) is 6.43. The maximum atomic E-state index is 11.8. The van der Waals surface area contributed by atoms with Crippen molar-refractivity contribution in [2.75, 3.05) is 5.32 Å². The predicted octanol–water partition coefficient (Wildman–Crippen LogP) is 4.25. The Morgan fingerprint density at radius 3 is 2.30 bits per heavy atom. The molecule has 1 N–H and O–H groups in total. The number of nitrogens with one attached hydrogen (secondary N) is 1. The largest absolute Gasteiger partial charge is 0.444 e. The van der Waals surface area contributed by atoms with Crippen molar-refractivity contribution in [1.82, 2.24) is 0 Å². The van der Waals surface area contributed by atoms with Crippen LogP contribution in [0.4, 0.5) is 10.5 Å². The summed E-state index contributed by atoms with van der Waals surface area (Å²) in [6.45, 7) is 11.4. The molecule has 1 aromatic carbocycles. The molecule has 0 bridgehead atoms. The lowest BCUT2D eigenvalue weighted by atomic mass is 9.85. The molecular formula is C17H23NO2. The number of carbonyl (C=O) groups is 1. The summed E-state index contributed by atoms with van der Waals surface area (Å²) in [5, 5.41) is 2.75. The van der Waals surface area contributed by atoms with Gasteiger partial charge in [0, 0.05) is 5.69 Å². The first-order chi connectivity index (χ1) is 9.05. The van der Waals surface area contributed by atoms with Gasteiger partial charge in [0.1, 0.15) is 5.60 Å². The van der Waals surface area contributed by atoms with E-state index in [1.54, 1.807) is 0 Å². The molecular weight excluding hydrogens is 250 g/mol. The molecule has 0 radical (unpaired) electrons. The second-order valence-electron chi connectivity index (χ2n) is 6.43. The highest BCUT2D eigenvalue weighted by molar-refractivity contribution is 5.86. The average Bonchev–Trinajstić information content (AvgIpc) is 2.29. The molecule has 0 atom stereocenters. The summed E-state index contributed by atoms with van der Waals surface area (Å²) in [6, 6.07) is 5.78. The fraction of sp³-hybridized carbons (Fsp3) is 0.471. The molecule has 1 amide bonds. The van der Waals surface area contributed by atoms with E-state index in [1.807, 2.05) is 59.7 Å². The van der Waals surface area contributed by atoms with Gasteiger partial charge < -0.3 is 4.74 Å². The van der Waals surface area contributed by atoms with Crippen LogP contribution < -0.4 is 5.32 Å². The monoisotopic (exact) mass is 273 g/mol. The molecule has 0 unspecified atom stereocenters. The third-order valence-corrected chi connectivity index (χ3v) is 2.94. The molecule has 0 fully saturated rings. The highest BCUT2D eigenvalue weighted by atomic mass is 16.6. The van der Waals surface area contributed by atoms with E-state index in [0.29, 0.717) is 0 Å². The first-order valence-corrected chi connectivity index (χ1v) is 6.64. The molecule has 108 valence electrons. The fourth-order valence-electron chi connectivity index (χ4n) is 1.69. The molecule has 0 heterocycles. The first kappa shape index (κ1) is 16.1. The quantitative estimate of drug-likeness (QED) is 0.818. The molecule has 0 saturated heterocycles. The van der Waals surface area contributed by atoms with Crippen molar-refractivity contribution in [3.63, 3.8) is 0 Å². The fourth-order valence-corrected chi connectivity index (χ4v) is 1.69. The van der Waals surface area contributed by atoms with Crippen LogP contribution in [0.2, 0.25) is 0 Å². The molecule has 0 aliphatic carbocycles. The number of ether oxygens (including phenoxy) is 1. The summed E-state index contributed by atoms with van der Waals surface area (Å²) in [4.78, 5) is 11.8. The van der Waals surface area contributed by atoms with E-state index in [0.717, 1.165) is 16.8 Å². The van der Waals surface area contributed by atoms with Crippen LogP contribution >= 0.6 is 0 Å². The maximum absolute atomic E-state index is 11.8. The number of aryl methyl sites for hydroxylation is 1. The van der Waals surface area contributed by atoms with E-state index in [9.17, 15) is 4.79 Å². The van der Waals surface area contributed by atoms with Gasteiger partial charge in [0.05, 0.1) is 5.41 Å². The Bertz CT molecular complexity index is 545. The summed E-state index contributed by atoms with van der Waals surface area (Å²) in [5.74, 6) is 2.76. The van der Waals surface area contributed by atoms with Gasteiger partial charge in [-0.05, 0) is 58.7 Å². The second kappa shape index (κ2) is 5.58. The Labute approximate surface area is 121 Å². The lowest BCUT2D eigenvalue weighted by molar-refractivity contribution is 0.0636. The van der Waals surface area contributed by atoms with Crippen LogP contribution in [0.5, 0.6) is 0 Å².